The lowest BCUT2D eigenvalue weighted by Gasteiger charge is -2.16. The van der Waals surface area contributed by atoms with Gasteiger partial charge in [-0.25, -0.2) is 8.42 Å². The van der Waals surface area contributed by atoms with Crippen LogP contribution in [0.15, 0.2) is 12.3 Å². The first kappa shape index (κ1) is 13.6. The van der Waals surface area contributed by atoms with Crippen LogP contribution in [0.5, 0.6) is 0 Å². The molecule has 8 heteroatoms. The van der Waals surface area contributed by atoms with Crippen molar-refractivity contribution in [3.63, 3.8) is 0 Å². The molecule has 1 N–H and O–H groups in total. The molecule has 20 heavy (non-hydrogen) atoms. The van der Waals surface area contributed by atoms with Crippen LogP contribution in [-0.4, -0.2) is 46.8 Å². The van der Waals surface area contributed by atoms with Gasteiger partial charge in [-0.2, -0.15) is 9.40 Å². The molecule has 2 aliphatic rings. The van der Waals surface area contributed by atoms with Gasteiger partial charge >= 0.3 is 0 Å². The molecule has 1 aromatic rings. The van der Waals surface area contributed by atoms with E-state index in [2.05, 4.69) is 10.4 Å². The third-order valence-electron chi connectivity index (χ3n) is 3.72. The summed E-state index contributed by atoms with van der Waals surface area (Å²) in [6, 6.07) is 1.77. The van der Waals surface area contributed by atoms with Crippen LogP contribution in [0.3, 0.4) is 0 Å². The predicted octanol–water partition coefficient (Wildman–Crippen LogP) is 0.580. The first-order chi connectivity index (χ1) is 9.46. The summed E-state index contributed by atoms with van der Waals surface area (Å²) >= 11 is 0. The van der Waals surface area contributed by atoms with Crippen molar-refractivity contribution in [2.45, 2.75) is 37.5 Å². The topological polar surface area (TPSA) is 84.3 Å². The van der Waals surface area contributed by atoms with Gasteiger partial charge in [0.2, 0.25) is 15.9 Å². The Morgan fingerprint density at radius 3 is 2.80 bits per heavy atom. The zero-order chi connectivity index (χ0) is 14.3. The minimum absolute atomic E-state index is 0.0473. The molecule has 0 unspecified atom stereocenters. The van der Waals surface area contributed by atoms with Gasteiger partial charge in [0, 0.05) is 32.3 Å². The molecule has 0 bridgehead atoms. The lowest BCUT2D eigenvalue weighted by Crippen LogP contribution is -2.32. The maximum Gasteiger partial charge on any atom is 0.222 e. The molecule has 2 heterocycles. The zero-order valence-electron chi connectivity index (χ0n) is 11.3. The Morgan fingerprint density at radius 1 is 1.40 bits per heavy atom. The lowest BCUT2D eigenvalue weighted by molar-refractivity contribution is -0.114. The van der Waals surface area contributed by atoms with Gasteiger partial charge in [0.15, 0.2) is 5.82 Å². The van der Waals surface area contributed by atoms with Crippen molar-refractivity contribution < 1.29 is 13.2 Å². The molecule has 2 fully saturated rings. The molecule has 1 aliphatic heterocycles. The number of amides is 1. The van der Waals surface area contributed by atoms with Crippen molar-refractivity contribution in [3.05, 3.63) is 12.3 Å². The Balaban J connectivity index is 1.67. The highest BCUT2D eigenvalue weighted by atomic mass is 32.2. The summed E-state index contributed by atoms with van der Waals surface area (Å²) in [5.74, 6) is 0.334. The fourth-order valence-corrected chi connectivity index (χ4v) is 4.42. The number of rotatable bonds is 4. The SMILES string of the molecule is CC(=O)Nc1ccn([C@H]2CCN(S(=O)(=O)C3CC3)C2)n1. The van der Waals surface area contributed by atoms with E-state index in [1.165, 1.54) is 6.92 Å². The van der Waals surface area contributed by atoms with Crippen LogP contribution < -0.4 is 5.32 Å². The minimum Gasteiger partial charge on any atom is -0.309 e. The highest BCUT2D eigenvalue weighted by molar-refractivity contribution is 7.90. The maximum absolute atomic E-state index is 12.2. The first-order valence-corrected chi connectivity index (χ1v) is 8.29. The molecular formula is C12H18N4O3S. The number of hydrogen-bond donors (Lipinski definition) is 1. The van der Waals surface area contributed by atoms with Crippen molar-refractivity contribution in [2.75, 3.05) is 18.4 Å². The fraction of sp³-hybridized carbons (Fsp3) is 0.667. The van der Waals surface area contributed by atoms with Crippen LogP contribution in [0.2, 0.25) is 0 Å². The van der Waals surface area contributed by atoms with E-state index in [0.717, 1.165) is 19.3 Å². The molecule has 1 aliphatic carbocycles. The number of aromatic nitrogens is 2. The summed E-state index contributed by atoms with van der Waals surface area (Å²) in [7, 11) is -3.10. The van der Waals surface area contributed by atoms with Crippen LogP contribution in [-0.2, 0) is 14.8 Å². The van der Waals surface area contributed by atoms with E-state index in [4.69, 9.17) is 0 Å². The van der Waals surface area contributed by atoms with Gasteiger partial charge < -0.3 is 5.32 Å². The Labute approximate surface area is 118 Å². The minimum atomic E-state index is -3.10. The molecule has 1 atom stereocenters. The van der Waals surface area contributed by atoms with Crippen LogP contribution in [0.25, 0.3) is 0 Å². The third-order valence-corrected chi connectivity index (χ3v) is 6.08. The van der Waals surface area contributed by atoms with E-state index < -0.39 is 10.0 Å². The van der Waals surface area contributed by atoms with Crippen molar-refractivity contribution in [2.24, 2.45) is 0 Å². The quantitative estimate of drug-likeness (QED) is 0.881. The molecule has 0 spiro atoms. The first-order valence-electron chi connectivity index (χ1n) is 6.78. The van der Waals surface area contributed by atoms with Gasteiger partial charge in [-0.05, 0) is 19.3 Å². The van der Waals surface area contributed by atoms with E-state index in [9.17, 15) is 13.2 Å². The molecule has 110 valence electrons. The van der Waals surface area contributed by atoms with E-state index in [-0.39, 0.29) is 17.2 Å². The van der Waals surface area contributed by atoms with E-state index in [1.54, 1.807) is 21.3 Å². The summed E-state index contributed by atoms with van der Waals surface area (Å²) in [6.45, 7) is 2.46. The summed E-state index contributed by atoms with van der Waals surface area (Å²) in [5, 5.41) is 6.73. The molecule has 1 amide bonds. The van der Waals surface area contributed by atoms with Gasteiger partial charge in [-0.1, -0.05) is 0 Å². The van der Waals surface area contributed by atoms with Gasteiger partial charge in [0.25, 0.3) is 0 Å². The summed E-state index contributed by atoms with van der Waals surface area (Å²) < 4.78 is 27.6. The summed E-state index contributed by atoms with van der Waals surface area (Å²) in [4.78, 5) is 11.0. The fourth-order valence-electron chi connectivity index (χ4n) is 2.52. The smallest absolute Gasteiger partial charge is 0.222 e. The number of sulfonamides is 1. The molecular weight excluding hydrogens is 280 g/mol. The molecule has 1 saturated carbocycles. The van der Waals surface area contributed by atoms with Crippen molar-refractivity contribution in [1.29, 1.82) is 0 Å². The van der Waals surface area contributed by atoms with Gasteiger partial charge in [-0.15, -0.1) is 0 Å². The molecule has 7 nitrogen and oxygen atoms in total. The number of nitrogens with one attached hydrogen (secondary N) is 1. The van der Waals surface area contributed by atoms with Crippen LogP contribution in [0.4, 0.5) is 5.82 Å². The highest BCUT2D eigenvalue weighted by Gasteiger charge is 2.43. The molecule has 0 aromatic carbocycles. The number of carbonyl (C=O) groups excluding carboxylic acids is 1. The van der Waals surface area contributed by atoms with E-state index in [1.807, 2.05) is 0 Å². The Bertz CT molecular complexity index is 620. The van der Waals surface area contributed by atoms with Crippen molar-refractivity contribution in [1.82, 2.24) is 14.1 Å². The van der Waals surface area contributed by atoms with E-state index >= 15 is 0 Å². The molecule has 3 rings (SSSR count). The number of anilines is 1. The van der Waals surface area contributed by atoms with E-state index in [0.29, 0.717) is 18.9 Å². The third kappa shape index (κ3) is 2.57. The molecule has 1 aromatic heterocycles. The van der Waals surface area contributed by atoms with Crippen LogP contribution in [0, 0.1) is 0 Å². The Kier molecular flexibility index (Phi) is 3.29. The van der Waals surface area contributed by atoms with Gasteiger partial charge in [0.05, 0.1) is 11.3 Å². The molecule has 1 saturated heterocycles. The average molecular weight is 298 g/mol. The Hall–Kier alpha value is -1.41. The zero-order valence-corrected chi connectivity index (χ0v) is 12.1. The largest absolute Gasteiger partial charge is 0.309 e. The number of carbonyl (C=O) groups is 1. The van der Waals surface area contributed by atoms with Crippen molar-refractivity contribution >= 4 is 21.7 Å². The summed E-state index contributed by atoms with van der Waals surface area (Å²) in [6.07, 6.45) is 4.12. The number of hydrogen-bond acceptors (Lipinski definition) is 4. The number of nitrogens with zero attached hydrogens (tertiary/aromatic N) is 3. The monoisotopic (exact) mass is 298 g/mol. The predicted molar refractivity (Wildman–Crippen MR) is 73.7 cm³/mol. The second-order valence-electron chi connectivity index (χ2n) is 5.41. The van der Waals surface area contributed by atoms with Gasteiger partial charge in [0.1, 0.15) is 0 Å². The van der Waals surface area contributed by atoms with Crippen molar-refractivity contribution in [3.8, 4) is 0 Å². The highest BCUT2D eigenvalue weighted by Crippen LogP contribution is 2.34. The average Bonchev–Trinajstić information content (AvgIpc) is 2.95. The summed E-state index contributed by atoms with van der Waals surface area (Å²) in [5.41, 5.74) is 0. The lowest BCUT2D eigenvalue weighted by atomic mass is 10.3. The van der Waals surface area contributed by atoms with Gasteiger partial charge in [-0.3, -0.25) is 9.48 Å². The second-order valence-corrected chi connectivity index (χ2v) is 7.62. The Morgan fingerprint density at radius 2 is 2.15 bits per heavy atom. The molecule has 0 radical (unpaired) electrons. The second kappa shape index (κ2) is 4.85. The standard InChI is InChI=1S/C12H18N4O3S/c1-9(17)13-12-5-7-16(14-12)10-4-6-15(8-10)20(18,19)11-2-3-11/h5,7,10-11H,2-4,6,8H2,1H3,(H,13,14,17)/t10-/m0/s1. The maximum atomic E-state index is 12.2. The normalized spacial score (nSPS) is 23.9. The van der Waals surface area contributed by atoms with Crippen LogP contribution in [0.1, 0.15) is 32.2 Å². The van der Waals surface area contributed by atoms with Crippen LogP contribution >= 0.6 is 0 Å².